The van der Waals surface area contributed by atoms with E-state index in [4.69, 9.17) is 21.1 Å². The van der Waals surface area contributed by atoms with Crippen molar-refractivity contribution in [1.29, 1.82) is 0 Å². The zero-order valence-corrected chi connectivity index (χ0v) is 15.5. The summed E-state index contributed by atoms with van der Waals surface area (Å²) >= 11 is 5.92. The van der Waals surface area contributed by atoms with E-state index >= 15 is 0 Å². The lowest BCUT2D eigenvalue weighted by Crippen LogP contribution is -2.12. The van der Waals surface area contributed by atoms with Crippen molar-refractivity contribution < 1.29 is 9.47 Å². The molecule has 26 heavy (non-hydrogen) atoms. The first-order valence-corrected chi connectivity index (χ1v) is 8.91. The summed E-state index contributed by atoms with van der Waals surface area (Å²) in [7, 11) is 1.66. The maximum atomic E-state index is 5.97. The Morgan fingerprint density at radius 3 is 2.19 bits per heavy atom. The molecule has 0 bridgehead atoms. The highest BCUT2D eigenvalue weighted by Crippen LogP contribution is 2.29. The fourth-order valence-electron chi connectivity index (χ4n) is 2.63. The minimum atomic E-state index is 0.513. The van der Waals surface area contributed by atoms with E-state index in [1.54, 1.807) is 7.11 Å². The highest BCUT2D eigenvalue weighted by atomic mass is 35.5. The molecule has 0 radical (unpaired) electrons. The third-order valence-corrected chi connectivity index (χ3v) is 4.29. The number of rotatable bonds is 8. The highest BCUT2D eigenvalue weighted by Gasteiger charge is 2.06. The Bertz CT molecular complexity index is 819. The number of nitrogens with one attached hydrogen (secondary N) is 1. The van der Waals surface area contributed by atoms with Crippen LogP contribution in [-0.2, 0) is 19.7 Å². The van der Waals surface area contributed by atoms with Crippen LogP contribution in [0.2, 0.25) is 5.02 Å². The van der Waals surface area contributed by atoms with Crippen LogP contribution in [0.1, 0.15) is 16.7 Å². The fourth-order valence-corrected chi connectivity index (χ4v) is 2.76. The van der Waals surface area contributed by atoms with Crippen LogP contribution in [0.5, 0.6) is 11.5 Å². The van der Waals surface area contributed by atoms with Gasteiger partial charge in [-0.05, 0) is 41.0 Å². The second kappa shape index (κ2) is 9.27. The van der Waals surface area contributed by atoms with Gasteiger partial charge in [0.2, 0.25) is 0 Å². The highest BCUT2D eigenvalue weighted by molar-refractivity contribution is 6.30. The van der Waals surface area contributed by atoms with E-state index in [0.29, 0.717) is 6.61 Å². The first-order valence-electron chi connectivity index (χ1n) is 8.53. The Labute approximate surface area is 159 Å². The number of hydrogen-bond acceptors (Lipinski definition) is 3. The van der Waals surface area contributed by atoms with E-state index in [2.05, 4.69) is 5.32 Å². The van der Waals surface area contributed by atoms with Gasteiger partial charge in [-0.1, -0.05) is 60.1 Å². The van der Waals surface area contributed by atoms with Crippen LogP contribution in [0.15, 0.2) is 72.8 Å². The van der Waals surface area contributed by atoms with Gasteiger partial charge in [0.05, 0.1) is 7.11 Å². The van der Waals surface area contributed by atoms with Gasteiger partial charge in [0.1, 0.15) is 6.61 Å². The van der Waals surface area contributed by atoms with Crippen LogP contribution in [0.3, 0.4) is 0 Å². The van der Waals surface area contributed by atoms with Gasteiger partial charge in [-0.2, -0.15) is 0 Å². The SMILES string of the molecule is COc1ccc(CNCc2ccc(Cl)cc2)cc1OCc1ccccc1. The molecule has 3 nitrogen and oxygen atoms in total. The first-order chi connectivity index (χ1) is 12.7. The van der Waals surface area contributed by atoms with Crippen LogP contribution in [-0.4, -0.2) is 7.11 Å². The third kappa shape index (κ3) is 5.25. The molecule has 0 unspecified atom stereocenters. The summed E-state index contributed by atoms with van der Waals surface area (Å²) < 4.78 is 11.4. The standard InChI is InChI=1S/C22H22ClNO2/c1-25-21-12-9-19(15-24-14-17-7-10-20(23)11-8-17)13-22(21)26-16-18-5-3-2-4-6-18/h2-13,24H,14-16H2,1H3. The molecule has 1 N–H and O–H groups in total. The van der Waals surface area contributed by atoms with Crippen molar-refractivity contribution in [2.75, 3.05) is 7.11 Å². The largest absolute Gasteiger partial charge is 0.493 e. The lowest BCUT2D eigenvalue weighted by atomic mass is 10.2. The molecule has 0 aliphatic heterocycles. The molecule has 0 saturated heterocycles. The molecule has 0 saturated carbocycles. The topological polar surface area (TPSA) is 30.5 Å². The Morgan fingerprint density at radius 1 is 0.769 bits per heavy atom. The summed E-state index contributed by atoms with van der Waals surface area (Å²) in [5.74, 6) is 1.49. The second-order valence-electron chi connectivity index (χ2n) is 5.99. The monoisotopic (exact) mass is 367 g/mol. The quantitative estimate of drug-likeness (QED) is 0.592. The van der Waals surface area contributed by atoms with Crippen molar-refractivity contribution in [2.45, 2.75) is 19.7 Å². The number of methoxy groups -OCH3 is 1. The molecule has 4 heteroatoms. The van der Waals surface area contributed by atoms with Crippen molar-refractivity contribution in [2.24, 2.45) is 0 Å². The van der Waals surface area contributed by atoms with Crippen molar-refractivity contribution in [3.05, 3.63) is 94.5 Å². The molecular weight excluding hydrogens is 346 g/mol. The van der Waals surface area contributed by atoms with Gasteiger partial charge in [0.25, 0.3) is 0 Å². The fraction of sp³-hybridized carbons (Fsp3) is 0.182. The molecule has 3 aromatic rings. The summed E-state index contributed by atoms with van der Waals surface area (Å²) in [4.78, 5) is 0. The van der Waals surface area contributed by atoms with Crippen LogP contribution in [0.4, 0.5) is 0 Å². The van der Waals surface area contributed by atoms with Gasteiger partial charge in [-0.25, -0.2) is 0 Å². The molecule has 3 rings (SSSR count). The normalized spacial score (nSPS) is 10.5. The van der Waals surface area contributed by atoms with Gasteiger partial charge < -0.3 is 14.8 Å². The van der Waals surface area contributed by atoms with E-state index in [-0.39, 0.29) is 0 Å². The summed E-state index contributed by atoms with van der Waals surface area (Å²) in [6.45, 7) is 2.04. The average Bonchev–Trinajstić information content (AvgIpc) is 2.69. The molecule has 0 aliphatic rings. The average molecular weight is 368 g/mol. The summed E-state index contributed by atoms with van der Waals surface area (Å²) in [5, 5.41) is 4.19. The van der Waals surface area contributed by atoms with Crippen molar-refractivity contribution in [1.82, 2.24) is 5.32 Å². The lowest BCUT2D eigenvalue weighted by Gasteiger charge is -2.13. The third-order valence-electron chi connectivity index (χ3n) is 4.04. The maximum Gasteiger partial charge on any atom is 0.161 e. The number of ether oxygens (including phenoxy) is 2. The van der Waals surface area contributed by atoms with E-state index in [9.17, 15) is 0 Å². The van der Waals surface area contributed by atoms with Gasteiger partial charge in [-0.15, -0.1) is 0 Å². The molecule has 3 aromatic carbocycles. The molecule has 0 spiro atoms. The first kappa shape index (κ1) is 18.3. The maximum absolute atomic E-state index is 5.97. The van der Waals surface area contributed by atoms with Crippen molar-refractivity contribution in [3.63, 3.8) is 0 Å². The molecule has 0 heterocycles. The molecular formula is C22H22ClNO2. The van der Waals surface area contributed by atoms with E-state index in [1.807, 2.05) is 72.8 Å². The van der Waals surface area contributed by atoms with Gasteiger partial charge in [0.15, 0.2) is 11.5 Å². The van der Waals surface area contributed by atoms with Crippen molar-refractivity contribution in [3.8, 4) is 11.5 Å². The minimum absolute atomic E-state index is 0.513. The van der Waals surface area contributed by atoms with Crippen LogP contribution in [0, 0.1) is 0 Å². The Morgan fingerprint density at radius 2 is 1.46 bits per heavy atom. The van der Waals surface area contributed by atoms with Gasteiger partial charge >= 0.3 is 0 Å². The predicted molar refractivity (Wildman–Crippen MR) is 106 cm³/mol. The summed E-state index contributed by atoms with van der Waals surface area (Å²) in [6, 6.07) is 24.0. The van der Waals surface area contributed by atoms with E-state index in [0.717, 1.165) is 40.7 Å². The Hall–Kier alpha value is -2.49. The molecule has 0 amide bonds. The number of hydrogen-bond donors (Lipinski definition) is 1. The zero-order chi connectivity index (χ0) is 18.2. The number of benzene rings is 3. The zero-order valence-electron chi connectivity index (χ0n) is 14.7. The summed E-state index contributed by atoms with van der Waals surface area (Å²) in [5.41, 5.74) is 3.46. The lowest BCUT2D eigenvalue weighted by molar-refractivity contribution is 0.284. The van der Waals surface area contributed by atoms with Crippen LogP contribution < -0.4 is 14.8 Å². The Balaban J connectivity index is 1.60. The predicted octanol–water partition coefficient (Wildman–Crippen LogP) is 5.22. The summed E-state index contributed by atoms with van der Waals surface area (Å²) in [6.07, 6.45) is 0. The second-order valence-corrected chi connectivity index (χ2v) is 6.43. The van der Waals surface area contributed by atoms with Gasteiger partial charge in [0, 0.05) is 18.1 Å². The Kier molecular flexibility index (Phi) is 6.53. The minimum Gasteiger partial charge on any atom is -0.493 e. The van der Waals surface area contributed by atoms with Crippen molar-refractivity contribution >= 4 is 11.6 Å². The molecule has 0 aromatic heterocycles. The van der Waals surface area contributed by atoms with Crippen LogP contribution >= 0.6 is 11.6 Å². The van der Waals surface area contributed by atoms with E-state index in [1.165, 1.54) is 5.56 Å². The van der Waals surface area contributed by atoms with Gasteiger partial charge in [-0.3, -0.25) is 0 Å². The molecule has 0 aliphatic carbocycles. The van der Waals surface area contributed by atoms with E-state index < -0.39 is 0 Å². The number of halogens is 1. The molecule has 0 fully saturated rings. The smallest absolute Gasteiger partial charge is 0.161 e. The molecule has 134 valence electrons. The molecule has 0 atom stereocenters. The van der Waals surface area contributed by atoms with Crippen LogP contribution in [0.25, 0.3) is 0 Å².